The Bertz CT molecular complexity index is 978. The Morgan fingerprint density at radius 3 is 2.42 bits per heavy atom. The molecular weight excluding hydrogens is 482 g/mol. The first-order chi connectivity index (χ1) is 16.6. The van der Waals surface area contributed by atoms with Gasteiger partial charge in [-0.1, -0.05) is 27.7 Å². The van der Waals surface area contributed by atoms with Crippen LogP contribution in [0.15, 0.2) is 17.1 Å². The van der Waals surface area contributed by atoms with Crippen molar-refractivity contribution in [3.8, 4) is 0 Å². The number of carbonyl (C=O) groups is 2. The fraction of sp³-hybridized carbons (Fsp3) is 0.739. The van der Waals surface area contributed by atoms with Crippen molar-refractivity contribution in [2.75, 3.05) is 18.5 Å². The molecule has 11 nitrogen and oxygen atoms in total. The van der Waals surface area contributed by atoms with E-state index in [1.165, 1.54) is 19.9 Å². The number of halogens is 2. The quantitative estimate of drug-likeness (QED) is 0.420. The number of esters is 1. The number of hydrogen-bond donors (Lipinski definition) is 3. The van der Waals surface area contributed by atoms with Crippen LogP contribution in [0.1, 0.15) is 54.7 Å². The summed E-state index contributed by atoms with van der Waals surface area (Å²) in [6.45, 7) is 11.3. The first-order valence-corrected chi connectivity index (χ1v) is 11.7. The molecule has 204 valence electrons. The highest BCUT2D eigenvalue weighted by Crippen LogP contribution is 2.44. The van der Waals surface area contributed by atoms with Gasteiger partial charge in [0.05, 0.1) is 18.6 Å². The number of ether oxygens (including phenoxy) is 3. The zero-order chi connectivity index (χ0) is 27.4. The third kappa shape index (κ3) is 7.36. The summed E-state index contributed by atoms with van der Waals surface area (Å²) >= 11 is 0. The molecule has 0 spiro atoms. The molecule has 1 saturated heterocycles. The normalized spacial score (nSPS) is 22.4. The number of nitrogens with zero attached hydrogens (tertiary/aromatic N) is 2. The van der Waals surface area contributed by atoms with Crippen LogP contribution in [0.4, 0.5) is 19.4 Å². The van der Waals surface area contributed by atoms with Crippen LogP contribution in [0.25, 0.3) is 0 Å². The van der Waals surface area contributed by atoms with E-state index in [0.717, 1.165) is 6.20 Å². The number of amides is 1. The summed E-state index contributed by atoms with van der Waals surface area (Å²) in [5, 5.41) is 15.1. The van der Waals surface area contributed by atoms with Crippen molar-refractivity contribution >= 4 is 17.9 Å². The smallest absolute Gasteiger partial charge is 0.407 e. The molecule has 4 atom stereocenters. The standard InChI is InChI=1S/C23H36F2N4O7/c1-12(2)14(27-21(33)36-22(5,6)7)10-26-16-8-9-29(20(32)28-16)19-23(24,25)17(15(11-30)34-19)35-18(31)13(3)4/h8-9,12-15,17,19,30H,10-11H2,1-7H3,(H,27,33)(H,26,28,32)/t14?,15-,17-,19-/m1/s1. The molecule has 1 aromatic rings. The lowest BCUT2D eigenvalue weighted by atomic mass is 10.0. The molecule has 1 fully saturated rings. The van der Waals surface area contributed by atoms with Crippen LogP contribution < -0.4 is 16.3 Å². The van der Waals surface area contributed by atoms with E-state index in [9.17, 15) is 19.5 Å². The van der Waals surface area contributed by atoms with Gasteiger partial charge in [0.25, 0.3) is 0 Å². The Hall–Kier alpha value is -2.80. The zero-order valence-corrected chi connectivity index (χ0v) is 21.6. The molecule has 0 bridgehead atoms. The van der Waals surface area contributed by atoms with Crippen LogP contribution in [0.3, 0.4) is 0 Å². The number of aliphatic hydroxyl groups excluding tert-OH is 1. The predicted octanol–water partition coefficient (Wildman–Crippen LogP) is 2.30. The molecule has 36 heavy (non-hydrogen) atoms. The highest BCUT2D eigenvalue weighted by molar-refractivity contribution is 5.71. The Balaban J connectivity index is 2.15. The van der Waals surface area contributed by atoms with Crippen molar-refractivity contribution < 1.29 is 37.7 Å². The van der Waals surface area contributed by atoms with Gasteiger partial charge in [0.15, 0.2) is 6.10 Å². The van der Waals surface area contributed by atoms with Gasteiger partial charge in [-0.05, 0) is 32.8 Å². The fourth-order valence-corrected chi connectivity index (χ4v) is 3.34. The fourth-order valence-electron chi connectivity index (χ4n) is 3.34. The predicted molar refractivity (Wildman–Crippen MR) is 126 cm³/mol. The third-order valence-electron chi connectivity index (χ3n) is 5.34. The second-order valence-electron chi connectivity index (χ2n) is 10.3. The maximum absolute atomic E-state index is 15.1. The first kappa shape index (κ1) is 29.4. The van der Waals surface area contributed by atoms with E-state index in [-0.39, 0.29) is 24.3 Å². The van der Waals surface area contributed by atoms with Crippen LogP contribution >= 0.6 is 0 Å². The van der Waals surface area contributed by atoms with Crippen LogP contribution in [-0.2, 0) is 19.0 Å². The Kier molecular flexibility index (Phi) is 9.40. The minimum atomic E-state index is -3.81. The second-order valence-corrected chi connectivity index (χ2v) is 10.3. The summed E-state index contributed by atoms with van der Waals surface area (Å²) in [5.41, 5.74) is -1.71. The molecule has 2 heterocycles. The number of alkyl carbamates (subject to hydrolysis) is 1. The van der Waals surface area contributed by atoms with Crippen LogP contribution in [0.2, 0.25) is 0 Å². The summed E-state index contributed by atoms with van der Waals surface area (Å²) in [4.78, 5) is 40.4. The number of nitrogens with one attached hydrogen (secondary N) is 2. The van der Waals surface area contributed by atoms with Gasteiger partial charge >= 0.3 is 23.7 Å². The Labute approximate surface area is 208 Å². The first-order valence-electron chi connectivity index (χ1n) is 11.7. The molecule has 3 N–H and O–H groups in total. The lowest BCUT2D eigenvalue weighted by molar-refractivity contribution is -0.179. The van der Waals surface area contributed by atoms with Gasteiger partial charge in [-0.2, -0.15) is 13.8 Å². The van der Waals surface area contributed by atoms with Gasteiger partial charge < -0.3 is 30.0 Å². The largest absolute Gasteiger partial charge is 0.453 e. The molecule has 0 aromatic carbocycles. The number of aliphatic hydroxyl groups is 1. The van der Waals surface area contributed by atoms with Gasteiger partial charge in [-0.3, -0.25) is 9.36 Å². The zero-order valence-electron chi connectivity index (χ0n) is 21.6. The maximum atomic E-state index is 15.1. The van der Waals surface area contributed by atoms with Crippen molar-refractivity contribution in [3.63, 3.8) is 0 Å². The number of aromatic nitrogens is 2. The molecule has 1 aliphatic rings. The van der Waals surface area contributed by atoms with E-state index in [1.54, 1.807) is 20.8 Å². The highest BCUT2D eigenvalue weighted by Gasteiger charge is 2.62. The second kappa shape index (κ2) is 11.5. The molecule has 0 radical (unpaired) electrons. The molecular formula is C23H36F2N4O7. The molecule has 0 aliphatic carbocycles. The topological polar surface area (TPSA) is 141 Å². The lowest BCUT2D eigenvalue weighted by Crippen LogP contribution is -2.46. The number of rotatable bonds is 9. The molecule has 2 rings (SSSR count). The monoisotopic (exact) mass is 518 g/mol. The summed E-state index contributed by atoms with van der Waals surface area (Å²) in [6, 6.07) is 0.918. The van der Waals surface area contributed by atoms with E-state index in [2.05, 4.69) is 15.6 Å². The molecule has 1 unspecified atom stereocenters. The summed E-state index contributed by atoms with van der Waals surface area (Å²) in [6.07, 6.45) is -5.26. The van der Waals surface area contributed by atoms with Gasteiger partial charge in [-0.25, -0.2) is 9.59 Å². The number of alkyl halides is 2. The average molecular weight is 519 g/mol. The molecule has 0 saturated carbocycles. The van der Waals surface area contributed by atoms with Gasteiger partial charge in [0.1, 0.15) is 17.5 Å². The third-order valence-corrected chi connectivity index (χ3v) is 5.34. The number of carbonyl (C=O) groups excluding carboxylic acids is 2. The van der Waals surface area contributed by atoms with Crippen molar-refractivity contribution in [3.05, 3.63) is 22.7 Å². The van der Waals surface area contributed by atoms with E-state index < -0.39 is 60.2 Å². The number of hydrogen-bond acceptors (Lipinski definition) is 9. The van der Waals surface area contributed by atoms with E-state index in [4.69, 9.17) is 14.2 Å². The van der Waals surface area contributed by atoms with Crippen molar-refractivity contribution in [1.29, 1.82) is 0 Å². The van der Waals surface area contributed by atoms with E-state index in [0.29, 0.717) is 4.57 Å². The van der Waals surface area contributed by atoms with Crippen molar-refractivity contribution in [2.24, 2.45) is 11.8 Å². The van der Waals surface area contributed by atoms with Crippen molar-refractivity contribution in [2.45, 2.75) is 84.5 Å². The van der Waals surface area contributed by atoms with Crippen LogP contribution in [-0.4, -0.2) is 69.6 Å². The highest BCUT2D eigenvalue weighted by atomic mass is 19.3. The maximum Gasteiger partial charge on any atom is 0.407 e. The van der Waals surface area contributed by atoms with Gasteiger partial charge in [0.2, 0.25) is 6.23 Å². The van der Waals surface area contributed by atoms with E-state index in [1.807, 2.05) is 13.8 Å². The Morgan fingerprint density at radius 1 is 1.28 bits per heavy atom. The minimum Gasteiger partial charge on any atom is -0.453 e. The van der Waals surface area contributed by atoms with Gasteiger partial charge in [0, 0.05) is 12.7 Å². The Morgan fingerprint density at radius 2 is 1.92 bits per heavy atom. The van der Waals surface area contributed by atoms with Crippen LogP contribution in [0.5, 0.6) is 0 Å². The molecule has 1 aliphatic heterocycles. The SMILES string of the molecule is CC(C)C(=O)O[C@@H]1[C@@H](CO)O[C@@H](n2ccc(NCC(NC(=O)OC(C)(C)C)C(C)C)nc2=O)C1(F)F. The van der Waals surface area contributed by atoms with Crippen molar-refractivity contribution in [1.82, 2.24) is 14.9 Å². The van der Waals surface area contributed by atoms with E-state index >= 15 is 8.78 Å². The lowest BCUT2D eigenvalue weighted by Gasteiger charge is -2.26. The summed E-state index contributed by atoms with van der Waals surface area (Å²) < 4.78 is 46.2. The average Bonchev–Trinajstić information content (AvgIpc) is 2.99. The molecule has 13 heteroatoms. The molecule has 1 amide bonds. The number of anilines is 1. The molecule has 1 aromatic heterocycles. The summed E-state index contributed by atoms with van der Waals surface area (Å²) in [7, 11) is 0. The van der Waals surface area contributed by atoms with Gasteiger partial charge in [-0.15, -0.1) is 0 Å². The minimum absolute atomic E-state index is 0.00290. The van der Waals surface area contributed by atoms with Crippen LogP contribution in [0, 0.1) is 11.8 Å². The summed E-state index contributed by atoms with van der Waals surface area (Å²) in [5.74, 6) is -5.27.